The van der Waals surface area contributed by atoms with Crippen molar-refractivity contribution in [3.63, 3.8) is 0 Å². The molecule has 3 nitrogen and oxygen atoms in total. The predicted molar refractivity (Wildman–Crippen MR) is 61.3 cm³/mol. The minimum absolute atomic E-state index is 0.0378. The van der Waals surface area contributed by atoms with Gasteiger partial charge in [-0.3, -0.25) is 4.79 Å². The third-order valence-corrected chi connectivity index (χ3v) is 2.35. The number of halogens is 2. The van der Waals surface area contributed by atoms with E-state index in [1.54, 1.807) is 0 Å². The molecule has 0 saturated carbocycles. The summed E-state index contributed by atoms with van der Waals surface area (Å²) in [5, 5.41) is 8.86. The standard InChI is InChI=1S/C12H15F2NO2/c1-2-3-15(4-5-16)12-10(13)6-9(8-17)7-11(12)14/h6-8,16H,2-5H2,1H3. The second kappa shape index (κ2) is 6.30. The van der Waals surface area contributed by atoms with Gasteiger partial charge in [0.25, 0.3) is 0 Å². The van der Waals surface area contributed by atoms with E-state index in [0.717, 1.165) is 12.1 Å². The smallest absolute Gasteiger partial charge is 0.150 e. The Hall–Kier alpha value is -1.49. The Kier molecular flexibility index (Phi) is 5.03. The van der Waals surface area contributed by atoms with Crippen LogP contribution in [0.3, 0.4) is 0 Å². The summed E-state index contributed by atoms with van der Waals surface area (Å²) in [5.74, 6) is -1.57. The first-order valence-electron chi connectivity index (χ1n) is 5.44. The summed E-state index contributed by atoms with van der Waals surface area (Å²) in [5.41, 5.74) is -0.226. The van der Waals surface area contributed by atoms with Crippen LogP contribution in [0.5, 0.6) is 0 Å². The molecule has 0 aliphatic rings. The number of aliphatic hydroxyl groups excluding tert-OH is 1. The Labute approximate surface area is 98.7 Å². The van der Waals surface area contributed by atoms with Crippen LogP contribution in [0.25, 0.3) is 0 Å². The summed E-state index contributed by atoms with van der Waals surface area (Å²) in [6, 6.07) is 1.98. The predicted octanol–water partition coefficient (Wildman–Crippen LogP) is 1.99. The third kappa shape index (κ3) is 3.23. The topological polar surface area (TPSA) is 40.5 Å². The number of aliphatic hydroxyl groups is 1. The Balaban J connectivity index is 3.13. The maximum atomic E-state index is 13.7. The van der Waals surface area contributed by atoms with Gasteiger partial charge in [0.15, 0.2) is 0 Å². The Morgan fingerprint density at radius 3 is 2.29 bits per heavy atom. The highest BCUT2D eigenvalue weighted by molar-refractivity contribution is 5.76. The summed E-state index contributed by atoms with van der Waals surface area (Å²) < 4.78 is 27.3. The minimum atomic E-state index is -0.783. The first-order chi connectivity index (χ1) is 8.13. The van der Waals surface area contributed by atoms with Gasteiger partial charge in [-0.2, -0.15) is 0 Å². The molecule has 0 aromatic heterocycles. The van der Waals surface area contributed by atoms with E-state index < -0.39 is 11.6 Å². The number of hydrogen-bond donors (Lipinski definition) is 1. The van der Waals surface area contributed by atoms with Crippen LogP contribution in [-0.2, 0) is 0 Å². The largest absolute Gasteiger partial charge is 0.395 e. The van der Waals surface area contributed by atoms with Gasteiger partial charge in [0.1, 0.15) is 23.6 Å². The molecule has 1 N–H and O–H groups in total. The first kappa shape index (κ1) is 13.6. The van der Waals surface area contributed by atoms with Crippen molar-refractivity contribution in [3.8, 4) is 0 Å². The molecule has 0 atom stereocenters. The zero-order valence-corrected chi connectivity index (χ0v) is 9.62. The van der Waals surface area contributed by atoms with Crippen LogP contribution in [0.1, 0.15) is 23.7 Å². The number of hydrogen-bond acceptors (Lipinski definition) is 3. The van der Waals surface area contributed by atoms with Gasteiger partial charge in [0, 0.05) is 18.7 Å². The van der Waals surface area contributed by atoms with Gasteiger partial charge in [-0.25, -0.2) is 8.78 Å². The number of benzene rings is 1. The molecule has 0 aliphatic carbocycles. The highest BCUT2D eigenvalue weighted by atomic mass is 19.1. The molecule has 0 fully saturated rings. The van der Waals surface area contributed by atoms with Crippen LogP contribution >= 0.6 is 0 Å². The number of aldehydes is 1. The normalized spacial score (nSPS) is 10.4. The van der Waals surface area contributed by atoms with Crippen molar-refractivity contribution < 1.29 is 18.7 Å². The van der Waals surface area contributed by atoms with Gasteiger partial charge >= 0.3 is 0 Å². The second-order valence-electron chi connectivity index (χ2n) is 3.66. The molecule has 0 heterocycles. The summed E-state index contributed by atoms with van der Waals surface area (Å²) in [4.78, 5) is 11.9. The zero-order valence-electron chi connectivity index (χ0n) is 9.62. The van der Waals surface area contributed by atoms with Crippen molar-refractivity contribution in [2.24, 2.45) is 0 Å². The second-order valence-corrected chi connectivity index (χ2v) is 3.66. The van der Waals surface area contributed by atoms with E-state index in [4.69, 9.17) is 5.11 Å². The Morgan fingerprint density at radius 2 is 1.88 bits per heavy atom. The molecule has 0 unspecified atom stereocenters. The molecule has 0 aliphatic heterocycles. The van der Waals surface area contributed by atoms with E-state index in [1.165, 1.54) is 4.90 Å². The minimum Gasteiger partial charge on any atom is -0.395 e. The fourth-order valence-electron chi connectivity index (χ4n) is 1.68. The molecule has 5 heteroatoms. The molecular weight excluding hydrogens is 228 g/mol. The Bertz CT molecular complexity index is 367. The van der Waals surface area contributed by atoms with E-state index >= 15 is 0 Å². The molecular formula is C12H15F2NO2. The van der Waals surface area contributed by atoms with E-state index in [1.807, 2.05) is 6.92 Å². The van der Waals surface area contributed by atoms with E-state index in [0.29, 0.717) is 19.3 Å². The van der Waals surface area contributed by atoms with Crippen LogP contribution in [0, 0.1) is 11.6 Å². The van der Waals surface area contributed by atoms with Crippen molar-refractivity contribution in [2.75, 3.05) is 24.6 Å². The summed E-state index contributed by atoms with van der Waals surface area (Å²) >= 11 is 0. The quantitative estimate of drug-likeness (QED) is 0.777. The summed E-state index contributed by atoms with van der Waals surface area (Å²) in [6.07, 6.45) is 1.10. The number of carbonyl (C=O) groups is 1. The number of anilines is 1. The fraction of sp³-hybridized carbons (Fsp3) is 0.417. The summed E-state index contributed by atoms with van der Waals surface area (Å²) in [6.45, 7) is 2.28. The van der Waals surface area contributed by atoms with Crippen LogP contribution < -0.4 is 4.90 Å². The first-order valence-corrected chi connectivity index (χ1v) is 5.44. The Morgan fingerprint density at radius 1 is 1.29 bits per heavy atom. The molecule has 0 amide bonds. The highest BCUT2D eigenvalue weighted by Gasteiger charge is 2.17. The highest BCUT2D eigenvalue weighted by Crippen LogP contribution is 2.24. The lowest BCUT2D eigenvalue weighted by Gasteiger charge is -2.24. The molecule has 0 spiro atoms. The number of nitrogens with zero attached hydrogens (tertiary/aromatic N) is 1. The van der Waals surface area contributed by atoms with Gasteiger partial charge in [-0.05, 0) is 18.6 Å². The van der Waals surface area contributed by atoms with Gasteiger partial charge in [0.2, 0.25) is 0 Å². The van der Waals surface area contributed by atoms with Crippen molar-refractivity contribution in [1.29, 1.82) is 0 Å². The molecule has 0 saturated heterocycles. The van der Waals surface area contributed by atoms with Crippen LogP contribution in [0.2, 0.25) is 0 Å². The van der Waals surface area contributed by atoms with Crippen LogP contribution in [0.15, 0.2) is 12.1 Å². The zero-order chi connectivity index (χ0) is 12.8. The van der Waals surface area contributed by atoms with Crippen molar-refractivity contribution >= 4 is 12.0 Å². The molecule has 1 aromatic carbocycles. The lowest BCUT2D eigenvalue weighted by molar-refractivity contribution is 0.112. The van der Waals surface area contributed by atoms with Gasteiger partial charge in [0.05, 0.1) is 6.61 Å². The fourth-order valence-corrected chi connectivity index (χ4v) is 1.68. The van der Waals surface area contributed by atoms with Gasteiger partial charge in [-0.1, -0.05) is 6.92 Å². The van der Waals surface area contributed by atoms with E-state index in [-0.39, 0.29) is 24.4 Å². The maximum Gasteiger partial charge on any atom is 0.150 e. The average Bonchev–Trinajstić information content (AvgIpc) is 2.28. The molecule has 1 aromatic rings. The van der Waals surface area contributed by atoms with E-state index in [2.05, 4.69) is 0 Å². The lowest BCUT2D eigenvalue weighted by Crippen LogP contribution is -2.29. The number of rotatable bonds is 6. The SMILES string of the molecule is CCCN(CCO)c1c(F)cc(C=O)cc1F. The lowest BCUT2D eigenvalue weighted by atomic mass is 10.2. The molecule has 1 rings (SSSR count). The van der Waals surface area contributed by atoms with Gasteiger partial charge < -0.3 is 10.0 Å². The van der Waals surface area contributed by atoms with Crippen LogP contribution in [-0.4, -0.2) is 31.1 Å². The molecule has 0 bridgehead atoms. The maximum absolute atomic E-state index is 13.7. The van der Waals surface area contributed by atoms with E-state index in [9.17, 15) is 13.6 Å². The average molecular weight is 243 g/mol. The summed E-state index contributed by atoms with van der Waals surface area (Å²) in [7, 11) is 0. The molecule has 0 radical (unpaired) electrons. The third-order valence-electron chi connectivity index (χ3n) is 2.35. The van der Waals surface area contributed by atoms with Crippen LogP contribution in [0.4, 0.5) is 14.5 Å². The number of carbonyl (C=O) groups excluding carboxylic acids is 1. The van der Waals surface area contributed by atoms with Crippen molar-refractivity contribution in [1.82, 2.24) is 0 Å². The van der Waals surface area contributed by atoms with Crippen molar-refractivity contribution in [2.45, 2.75) is 13.3 Å². The van der Waals surface area contributed by atoms with Crippen molar-refractivity contribution in [3.05, 3.63) is 29.3 Å². The molecule has 94 valence electrons. The monoisotopic (exact) mass is 243 g/mol. The molecule has 17 heavy (non-hydrogen) atoms. The van der Waals surface area contributed by atoms with Gasteiger partial charge in [-0.15, -0.1) is 0 Å².